The molecule has 0 nitrogen and oxygen atoms in total. The highest BCUT2D eigenvalue weighted by Crippen LogP contribution is 2.54. The van der Waals surface area contributed by atoms with Crippen LogP contribution >= 0.6 is 0 Å². The summed E-state index contributed by atoms with van der Waals surface area (Å²) in [6, 6.07) is 36.2. The fourth-order valence-electron chi connectivity index (χ4n) is 5.44. The van der Waals surface area contributed by atoms with E-state index in [1.54, 1.807) is 0 Å². The van der Waals surface area contributed by atoms with Crippen molar-refractivity contribution in [3.63, 3.8) is 0 Å². The maximum Gasteiger partial charge on any atom is 0.0712 e. The van der Waals surface area contributed by atoms with Gasteiger partial charge in [0.05, 0.1) is 5.41 Å². The minimum atomic E-state index is -0.211. The van der Waals surface area contributed by atoms with E-state index in [4.69, 9.17) is 0 Å². The third kappa shape index (κ3) is 7.54. The molecule has 0 fully saturated rings. The molecule has 0 saturated heterocycles. The Bertz CT molecular complexity index is 1040. The normalized spacial score (nSPS) is 11.9. The molecular formula is C40H58. The molecule has 4 aromatic rings. The van der Waals surface area contributed by atoms with Crippen LogP contribution in [0.2, 0.25) is 0 Å². The molecule has 4 aromatic carbocycles. The van der Waals surface area contributed by atoms with Crippen LogP contribution in [0.15, 0.2) is 97.1 Å². The Kier molecular flexibility index (Phi) is 17.6. The molecule has 6 rings (SSSR count). The van der Waals surface area contributed by atoms with E-state index in [-0.39, 0.29) is 12.8 Å². The largest absolute Gasteiger partial charge is 0.0776 e. The zero-order valence-electron chi connectivity index (χ0n) is 26.7. The Hall–Kier alpha value is -3.12. The van der Waals surface area contributed by atoms with Crippen molar-refractivity contribution in [2.45, 2.75) is 102 Å². The van der Waals surface area contributed by atoms with E-state index in [0.29, 0.717) is 0 Å². The second-order valence-corrected chi connectivity index (χ2v) is 9.46. The van der Waals surface area contributed by atoms with Gasteiger partial charge in [0.2, 0.25) is 0 Å². The molecule has 0 N–H and O–H groups in total. The Morgan fingerprint density at radius 1 is 0.400 bits per heavy atom. The minimum absolute atomic E-state index is 0. The number of rotatable bonds is 0. The summed E-state index contributed by atoms with van der Waals surface area (Å²) in [6.07, 6.45) is 2.02. The van der Waals surface area contributed by atoms with Crippen molar-refractivity contribution in [1.82, 2.24) is 0 Å². The van der Waals surface area contributed by atoms with Gasteiger partial charge in [-0.2, -0.15) is 0 Å². The molecule has 218 valence electrons. The smallest absolute Gasteiger partial charge is 0.0712 e. The van der Waals surface area contributed by atoms with Crippen LogP contribution < -0.4 is 0 Å². The van der Waals surface area contributed by atoms with Gasteiger partial charge in [0.25, 0.3) is 0 Å². The third-order valence-corrected chi connectivity index (χ3v) is 6.45. The molecule has 0 aliphatic heterocycles. The summed E-state index contributed by atoms with van der Waals surface area (Å²) in [5.41, 5.74) is 11.4. The van der Waals surface area contributed by atoms with Crippen LogP contribution in [0.1, 0.15) is 128 Å². The Morgan fingerprint density at radius 3 is 0.775 bits per heavy atom. The van der Waals surface area contributed by atoms with Crippen molar-refractivity contribution in [2.24, 2.45) is 5.92 Å². The Labute approximate surface area is 248 Å². The summed E-state index contributed by atoms with van der Waals surface area (Å²) in [7, 11) is 0. The number of hydrogen-bond donors (Lipinski definition) is 0. The van der Waals surface area contributed by atoms with E-state index in [0.717, 1.165) is 18.8 Å². The van der Waals surface area contributed by atoms with Gasteiger partial charge < -0.3 is 0 Å². The SMILES string of the molecule is C.CC.CC.CC.CC.CC(C)C.c1ccc2c(c1)Cc1ccccc1C21c2ccccc2Cc2ccccc21. The van der Waals surface area contributed by atoms with E-state index in [1.165, 1.54) is 44.5 Å². The predicted molar refractivity (Wildman–Crippen MR) is 183 cm³/mol. The molecule has 0 bridgehead atoms. The van der Waals surface area contributed by atoms with Gasteiger partial charge in [-0.15, -0.1) is 0 Å². The van der Waals surface area contributed by atoms with Crippen LogP contribution in [0.4, 0.5) is 0 Å². The van der Waals surface area contributed by atoms with Gasteiger partial charge >= 0.3 is 0 Å². The Morgan fingerprint density at radius 2 is 0.575 bits per heavy atom. The van der Waals surface area contributed by atoms with E-state index in [9.17, 15) is 0 Å². The molecule has 0 radical (unpaired) electrons. The topological polar surface area (TPSA) is 0 Å². The Balaban J connectivity index is 0.00000103. The second-order valence-electron chi connectivity index (χ2n) is 9.46. The van der Waals surface area contributed by atoms with Crippen LogP contribution in [0.3, 0.4) is 0 Å². The molecule has 40 heavy (non-hydrogen) atoms. The molecule has 2 aliphatic rings. The van der Waals surface area contributed by atoms with Gasteiger partial charge in [-0.1, -0.05) is 181 Å². The van der Waals surface area contributed by atoms with Crippen molar-refractivity contribution in [2.75, 3.05) is 0 Å². The van der Waals surface area contributed by atoms with Gasteiger partial charge in [0.1, 0.15) is 0 Å². The average Bonchev–Trinajstić information content (AvgIpc) is 3.01. The summed E-state index contributed by atoms with van der Waals surface area (Å²) in [6.45, 7) is 22.5. The van der Waals surface area contributed by atoms with Crippen molar-refractivity contribution < 1.29 is 0 Å². The highest BCUT2D eigenvalue weighted by atomic mass is 14.5. The quantitative estimate of drug-likeness (QED) is 0.180. The summed E-state index contributed by atoms with van der Waals surface area (Å²) >= 11 is 0. The highest BCUT2D eigenvalue weighted by Gasteiger charge is 2.47. The lowest BCUT2D eigenvalue weighted by Gasteiger charge is -2.46. The summed E-state index contributed by atoms with van der Waals surface area (Å²) in [5.74, 6) is 0.833. The van der Waals surface area contributed by atoms with Crippen LogP contribution in [-0.2, 0) is 18.3 Å². The predicted octanol–water partition coefficient (Wildman–Crippen LogP) is 12.3. The van der Waals surface area contributed by atoms with E-state index >= 15 is 0 Å². The summed E-state index contributed by atoms with van der Waals surface area (Å²) in [4.78, 5) is 0. The van der Waals surface area contributed by atoms with Crippen LogP contribution in [-0.4, -0.2) is 0 Å². The lowest BCUT2D eigenvalue weighted by Crippen LogP contribution is -2.39. The van der Waals surface area contributed by atoms with Crippen LogP contribution in [0.25, 0.3) is 0 Å². The van der Waals surface area contributed by atoms with E-state index in [2.05, 4.69) is 118 Å². The zero-order valence-corrected chi connectivity index (χ0v) is 26.7. The first-order valence-electron chi connectivity index (χ1n) is 15.5. The minimum Gasteiger partial charge on any atom is -0.0776 e. The van der Waals surface area contributed by atoms with Crippen molar-refractivity contribution in [1.29, 1.82) is 0 Å². The monoisotopic (exact) mass is 538 g/mol. The fraction of sp³-hybridized carbons (Fsp3) is 0.400. The van der Waals surface area contributed by atoms with Gasteiger partial charge in [-0.3, -0.25) is 0 Å². The van der Waals surface area contributed by atoms with Crippen molar-refractivity contribution >= 4 is 0 Å². The molecule has 0 unspecified atom stereocenters. The standard InChI is InChI=1S/C27H20.C4H10.4C2H6.CH4/c1-5-13-23-19(9-1)17-20-10-2-6-14-24(20)27(23)25-15-7-3-11-21(25)18-22-12-4-8-16-26(22)27;1-4(2)3;4*1-2;/h1-16H,17-18H2;4H,1-3H3;4*1-2H3;1H4. The zero-order chi connectivity index (χ0) is 29.4. The first kappa shape index (κ1) is 36.9. The third-order valence-electron chi connectivity index (χ3n) is 6.45. The summed E-state index contributed by atoms with van der Waals surface area (Å²) < 4.78 is 0. The molecule has 1 spiro atoms. The van der Waals surface area contributed by atoms with Crippen LogP contribution in [0.5, 0.6) is 0 Å². The summed E-state index contributed by atoms with van der Waals surface area (Å²) in [5, 5.41) is 0. The second kappa shape index (κ2) is 19.0. The average molecular weight is 539 g/mol. The molecule has 0 amide bonds. The maximum absolute atomic E-state index is 2.35. The van der Waals surface area contributed by atoms with Crippen molar-refractivity contribution in [3.8, 4) is 0 Å². The van der Waals surface area contributed by atoms with Gasteiger partial charge in [0, 0.05) is 0 Å². The lowest BCUT2D eigenvalue weighted by molar-refractivity contribution is 0.670. The molecule has 0 saturated carbocycles. The fourth-order valence-corrected chi connectivity index (χ4v) is 5.44. The molecular weight excluding hydrogens is 480 g/mol. The molecule has 0 heterocycles. The van der Waals surface area contributed by atoms with Gasteiger partial charge in [-0.25, -0.2) is 0 Å². The molecule has 0 heteroatoms. The van der Waals surface area contributed by atoms with E-state index < -0.39 is 0 Å². The first-order valence-corrected chi connectivity index (χ1v) is 15.5. The molecule has 0 aromatic heterocycles. The maximum atomic E-state index is 2.35. The number of fused-ring (bicyclic) bond motifs is 8. The number of benzene rings is 4. The van der Waals surface area contributed by atoms with E-state index in [1.807, 2.05) is 55.4 Å². The van der Waals surface area contributed by atoms with Gasteiger partial charge in [0.15, 0.2) is 0 Å². The van der Waals surface area contributed by atoms with Crippen LogP contribution in [0, 0.1) is 5.92 Å². The molecule has 2 aliphatic carbocycles. The first-order chi connectivity index (χ1) is 19.1. The highest BCUT2D eigenvalue weighted by molar-refractivity contribution is 5.71. The molecule has 0 atom stereocenters. The van der Waals surface area contributed by atoms with Crippen molar-refractivity contribution in [3.05, 3.63) is 142 Å². The lowest BCUT2D eigenvalue weighted by atomic mass is 9.56. The number of hydrogen-bond acceptors (Lipinski definition) is 0. The van der Waals surface area contributed by atoms with Gasteiger partial charge in [-0.05, 0) is 63.3 Å².